The second-order valence-corrected chi connectivity index (χ2v) is 4.48. The second kappa shape index (κ2) is 3.31. The molecule has 4 nitrogen and oxygen atoms in total. The van der Waals surface area contributed by atoms with E-state index in [-0.39, 0.29) is 0 Å². The fourth-order valence-electron chi connectivity index (χ4n) is 1.76. The van der Waals surface area contributed by atoms with Gasteiger partial charge < -0.3 is 5.73 Å². The molecule has 3 rings (SSSR count). The molecule has 0 aliphatic carbocycles. The fraction of sp³-hybridized carbons (Fsp3) is 0.0909. The van der Waals surface area contributed by atoms with Crippen LogP contribution in [0.3, 0.4) is 0 Å². The number of hydrogen-bond donors (Lipinski definition) is 2. The highest BCUT2D eigenvalue weighted by Crippen LogP contribution is 2.30. The highest BCUT2D eigenvalue weighted by molar-refractivity contribution is 7.13. The number of nitrogens with one attached hydrogen (secondary N) is 1. The summed E-state index contributed by atoms with van der Waals surface area (Å²) in [5, 5.41) is 7.86. The van der Waals surface area contributed by atoms with Crippen LogP contribution in [0.2, 0.25) is 0 Å². The molecule has 0 aliphatic heterocycles. The molecule has 0 bridgehead atoms. The molecule has 5 heteroatoms. The van der Waals surface area contributed by atoms with Crippen molar-refractivity contribution in [2.75, 3.05) is 5.73 Å². The summed E-state index contributed by atoms with van der Waals surface area (Å²) in [7, 11) is 0. The zero-order valence-electron chi connectivity index (χ0n) is 8.69. The van der Waals surface area contributed by atoms with Crippen LogP contribution in [0, 0.1) is 6.92 Å². The Balaban J connectivity index is 2.23. The average Bonchev–Trinajstić information content (AvgIpc) is 2.86. The molecule has 0 saturated heterocycles. The summed E-state index contributed by atoms with van der Waals surface area (Å²) in [6.07, 6.45) is 1.74. The first-order valence-corrected chi connectivity index (χ1v) is 5.68. The molecule has 0 saturated carbocycles. The summed E-state index contributed by atoms with van der Waals surface area (Å²) in [5.41, 5.74) is 8.88. The molecule has 0 unspecified atom stereocenters. The standard InChI is InChI=1S/C11H10N4S/c1-6-8-3-2-7(4-10(8)16-15-6)9-5-13-14-11(9)12/h2-5H,1H3,(H3,12,13,14). The Morgan fingerprint density at radius 3 is 3.00 bits per heavy atom. The molecule has 0 amide bonds. The van der Waals surface area contributed by atoms with Crippen molar-refractivity contribution in [3.8, 4) is 11.1 Å². The molecule has 0 fully saturated rings. The third kappa shape index (κ3) is 1.29. The van der Waals surface area contributed by atoms with Crippen molar-refractivity contribution in [3.05, 3.63) is 30.1 Å². The Kier molecular flexibility index (Phi) is 1.94. The Hall–Kier alpha value is -1.88. The molecule has 0 radical (unpaired) electrons. The van der Waals surface area contributed by atoms with Crippen LogP contribution in [-0.2, 0) is 0 Å². The van der Waals surface area contributed by atoms with E-state index in [1.165, 1.54) is 21.6 Å². The number of anilines is 1. The van der Waals surface area contributed by atoms with E-state index in [2.05, 4.69) is 26.7 Å². The van der Waals surface area contributed by atoms with Crippen molar-refractivity contribution < 1.29 is 0 Å². The fourth-order valence-corrected chi connectivity index (χ4v) is 2.58. The van der Waals surface area contributed by atoms with Crippen LogP contribution < -0.4 is 5.73 Å². The van der Waals surface area contributed by atoms with Crippen LogP contribution in [-0.4, -0.2) is 14.6 Å². The number of aryl methyl sites for hydroxylation is 1. The number of hydrogen-bond acceptors (Lipinski definition) is 4. The lowest BCUT2D eigenvalue weighted by atomic mass is 10.1. The lowest BCUT2D eigenvalue weighted by molar-refractivity contribution is 1.10. The molecular formula is C11H10N4S. The minimum Gasteiger partial charge on any atom is -0.384 e. The molecule has 16 heavy (non-hydrogen) atoms. The van der Waals surface area contributed by atoms with Crippen molar-refractivity contribution in [3.63, 3.8) is 0 Å². The van der Waals surface area contributed by atoms with Crippen LogP contribution in [0.25, 0.3) is 21.2 Å². The molecule has 3 N–H and O–H groups in total. The van der Waals surface area contributed by atoms with E-state index in [1.807, 2.05) is 13.0 Å². The van der Waals surface area contributed by atoms with E-state index < -0.39 is 0 Å². The Labute approximate surface area is 96.3 Å². The van der Waals surface area contributed by atoms with Crippen LogP contribution in [0.5, 0.6) is 0 Å². The molecule has 3 aromatic rings. The summed E-state index contributed by atoms with van der Waals surface area (Å²) >= 11 is 1.51. The molecule has 80 valence electrons. The minimum atomic E-state index is 0.598. The van der Waals surface area contributed by atoms with Crippen molar-refractivity contribution in [1.29, 1.82) is 0 Å². The van der Waals surface area contributed by atoms with E-state index >= 15 is 0 Å². The predicted octanol–water partition coefficient (Wildman–Crippen LogP) is 2.58. The Morgan fingerprint density at radius 2 is 2.25 bits per heavy atom. The lowest BCUT2D eigenvalue weighted by Crippen LogP contribution is -1.87. The number of rotatable bonds is 1. The van der Waals surface area contributed by atoms with Gasteiger partial charge in [-0.2, -0.15) is 9.47 Å². The van der Waals surface area contributed by atoms with Gasteiger partial charge in [0.1, 0.15) is 5.82 Å². The zero-order chi connectivity index (χ0) is 11.1. The van der Waals surface area contributed by atoms with Gasteiger partial charge in [-0.3, -0.25) is 5.10 Å². The van der Waals surface area contributed by atoms with Crippen molar-refractivity contribution >= 4 is 27.4 Å². The number of nitrogen functional groups attached to an aromatic ring is 1. The average molecular weight is 230 g/mol. The third-order valence-corrected chi connectivity index (χ3v) is 3.53. The molecular weight excluding hydrogens is 220 g/mol. The minimum absolute atomic E-state index is 0.598. The summed E-state index contributed by atoms with van der Waals surface area (Å²) in [6.45, 7) is 2.02. The van der Waals surface area contributed by atoms with E-state index in [0.717, 1.165) is 16.8 Å². The maximum absolute atomic E-state index is 5.79. The van der Waals surface area contributed by atoms with Crippen LogP contribution in [0.15, 0.2) is 24.4 Å². The quantitative estimate of drug-likeness (QED) is 0.675. The monoisotopic (exact) mass is 230 g/mol. The number of nitrogens with zero attached hydrogens (tertiary/aromatic N) is 2. The first-order valence-electron chi connectivity index (χ1n) is 4.91. The largest absolute Gasteiger partial charge is 0.384 e. The lowest BCUT2D eigenvalue weighted by Gasteiger charge is -1.99. The zero-order valence-corrected chi connectivity index (χ0v) is 9.51. The third-order valence-electron chi connectivity index (χ3n) is 2.63. The number of aromatic amines is 1. The summed E-state index contributed by atoms with van der Waals surface area (Å²) < 4.78 is 5.50. The van der Waals surface area contributed by atoms with Crippen LogP contribution >= 0.6 is 11.5 Å². The maximum atomic E-state index is 5.79. The number of fused-ring (bicyclic) bond motifs is 1. The van der Waals surface area contributed by atoms with Crippen molar-refractivity contribution in [2.24, 2.45) is 0 Å². The van der Waals surface area contributed by atoms with Crippen molar-refractivity contribution in [1.82, 2.24) is 14.6 Å². The highest BCUT2D eigenvalue weighted by Gasteiger charge is 2.07. The molecule has 2 aromatic heterocycles. The van der Waals surface area contributed by atoms with Gasteiger partial charge in [-0.25, -0.2) is 0 Å². The van der Waals surface area contributed by atoms with E-state index in [0.29, 0.717) is 5.82 Å². The number of nitrogens with two attached hydrogens (primary N) is 1. The van der Waals surface area contributed by atoms with Gasteiger partial charge in [0.05, 0.1) is 16.6 Å². The van der Waals surface area contributed by atoms with Gasteiger partial charge in [-0.1, -0.05) is 12.1 Å². The van der Waals surface area contributed by atoms with E-state index in [9.17, 15) is 0 Å². The van der Waals surface area contributed by atoms with Gasteiger partial charge in [0.15, 0.2) is 0 Å². The first-order chi connectivity index (χ1) is 7.75. The SMILES string of the molecule is Cc1nsc2cc(-c3cn[nH]c3N)ccc12. The van der Waals surface area contributed by atoms with Gasteiger partial charge in [0, 0.05) is 10.9 Å². The number of H-pyrrole nitrogens is 1. The van der Waals surface area contributed by atoms with E-state index in [4.69, 9.17) is 5.73 Å². The summed E-state index contributed by atoms with van der Waals surface area (Å²) in [5.74, 6) is 0.598. The van der Waals surface area contributed by atoms with Crippen LogP contribution in [0.4, 0.5) is 5.82 Å². The summed E-state index contributed by atoms with van der Waals surface area (Å²) in [4.78, 5) is 0. The van der Waals surface area contributed by atoms with E-state index in [1.54, 1.807) is 6.20 Å². The predicted molar refractivity (Wildman–Crippen MR) is 66.4 cm³/mol. The Morgan fingerprint density at radius 1 is 1.38 bits per heavy atom. The number of benzene rings is 1. The van der Waals surface area contributed by atoms with Gasteiger partial charge >= 0.3 is 0 Å². The van der Waals surface area contributed by atoms with Gasteiger partial charge in [0.2, 0.25) is 0 Å². The maximum Gasteiger partial charge on any atom is 0.126 e. The molecule has 0 atom stereocenters. The highest BCUT2D eigenvalue weighted by atomic mass is 32.1. The topological polar surface area (TPSA) is 67.6 Å². The van der Waals surface area contributed by atoms with Gasteiger partial charge in [-0.05, 0) is 30.1 Å². The van der Waals surface area contributed by atoms with Crippen molar-refractivity contribution in [2.45, 2.75) is 6.92 Å². The molecule has 0 aliphatic rings. The van der Waals surface area contributed by atoms with Gasteiger partial charge in [-0.15, -0.1) is 0 Å². The van der Waals surface area contributed by atoms with Crippen LogP contribution in [0.1, 0.15) is 5.69 Å². The Bertz CT molecular complexity index is 653. The number of aromatic nitrogens is 3. The molecule has 1 aromatic carbocycles. The smallest absolute Gasteiger partial charge is 0.126 e. The molecule has 2 heterocycles. The summed E-state index contributed by atoms with van der Waals surface area (Å²) in [6, 6.07) is 6.22. The van der Waals surface area contributed by atoms with Gasteiger partial charge in [0.25, 0.3) is 0 Å². The first kappa shape index (κ1) is 9.35. The molecule has 0 spiro atoms. The second-order valence-electron chi connectivity index (χ2n) is 3.68. The normalized spacial score (nSPS) is 11.1.